The van der Waals surface area contributed by atoms with Crippen LogP contribution in [0.4, 0.5) is 0 Å². The second-order valence-corrected chi connectivity index (χ2v) is 6.55. The summed E-state index contributed by atoms with van der Waals surface area (Å²) in [7, 11) is 1.54. The lowest BCUT2D eigenvalue weighted by Crippen LogP contribution is -2.51. The molecule has 116 valence electrons. The maximum absolute atomic E-state index is 12.5. The molecule has 1 heterocycles. The molecule has 0 aliphatic carbocycles. The summed E-state index contributed by atoms with van der Waals surface area (Å²) in [5, 5.41) is 0. The predicted octanol–water partition coefficient (Wildman–Crippen LogP) is 2.62. The first-order valence-corrected chi connectivity index (χ1v) is 7.33. The van der Waals surface area contributed by atoms with Crippen LogP contribution < -0.4 is 0 Å². The molecule has 1 aliphatic rings. The Bertz CT molecular complexity index is 496. The van der Waals surface area contributed by atoms with E-state index in [9.17, 15) is 4.79 Å². The van der Waals surface area contributed by atoms with Crippen molar-refractivity contribution >= 4 is 5.91 Å². The summed E-state index contributed by atoms with van der Waals surface area (Å²) in [5.41, 5.74) is 0.175. The monoisotopic (exact) mass is 291 g/mol. The van der Waals surface area contributed by atoms with Crippen molar-refractivity contribution in [2.24, 2.45) is 0 Å². The van der Waals surface area contributed by atoms with Gasteiger partial charge in [-0.2, -0.15) is 0 Å². The number of rotatable bonds is 4. The van der Waals surface area contributed by atoms with Crippen molar-refractivity contribution in [3.63, 3.8) is 0 Å². The van der Waals surface area contributed by atoms with Crippen LogP contribution in [0.1, 0.15) is 33.3 Å². The Balaban J connectivity index is 2.31. The SMILES string of the molecule is COCC(=O)N1[C@@H](Cc2ccccc2)C(C)(C)OC1(C)C. The van der Waals surface area contributed by atoms with E-state index in [1.807, 2.05) is 50.8 Å². The van der Waals surface area contributed by atoms with E-state index in [1.165, 1.54) is 5.56 Å². The number of hydrogen-bond acceptors (Lipinski definition) is 3. The van der Waals surface area contributed by atoms with Crippen LogP contribution in [0.2, 0.25) is 0 Å². The van der Waals surface area contributed by atoms with Crippen LogP contribution in [0, 0.1) is 0 Å². The molecule has 0 saturated carbocycles. The van der Waals surface area contributed by atoms with Crippen molar-refractivity contribution in [1.29, 1.82) is 0 Å². The van der Waals surface area contributed by atoms with Crippen LogP contribution in [-0.2, 0) is 20.7 Å². The number of nitrogens with zero attached hydrogens (tertiary/aromatic N) is 1. The third-order valence-corrected chi connectivity index (χ3v) is 4.02. The van der Waals surface area contributed by atoms with Crippen molar-refractivity contribution in [1.82, 2.24) is 4.90 Å². The summed E-state index contributed by atoms with van der Waals surface area (Å²) in [6, 6.07) is 10.2. The molecule has 2 rings (SSSR count). The van der Waals surface area contributed by atoms with Gasteiger partial charge in [0.15, 0.2) is 0 Å². The van der Waals surface area contributed by atoms with Crippen LogP contribution >= 0.6 is 0 Å². The lowest BCUT2D eigenvalue weighted by molar-refractivity contribution is -0.153. The average molecular weight is 291 g/mol. The highest BCUT2D eigenvalue weighted by atomic mass is 16.6. The molecule has 0 radical (unpaired) electrons. The summed E-state index contributed by atoms with van der Waals surface area (Å²) in [6.45, 7) is 8.04. The van der Waals surface area contributed by atoms with Gasteiger partial charge in [0.1, 0.15) is 12.3 Å². The molecule has 21 heavy (non-hydrogen) atoms. The lowest BCUT2D eigenvalue weighted by atomic mass is 9.92. The smallest absolute Gasteiger partial charge is 0.251 e. The van der Waals surface area contributed by atoms with Gasteiger partial charge in [-0.1, -0.05) is 30.3 Å². The van der Waals surface area contributed by atoms with Gasteiger partial charge in [0.25, 0.3) is 5.91 Å². The number of benzene rings is 1. The number of amides is 1. The summed E-state index contributed by atoms with van der Waals surface area (Å²) in [4.78, 5) is 14.3. The first kappa shape index (κ1) is 16.0. The van der Waals surface area contributed by atoms with E-state index in [2.05, 4.69) is 12.1 Å². The normalized spacial score (nSPS) is 23.3. The van der Waals surface area contributed by atoms with E-state index in [0.717, 1.165) is 6.42 Å². The number of ether oxygens (including phenoxy) is 2. The molecule has 4 nitrogen and oxygen atoms in total. The predicted molar refractivity (Wildman–Crippen MR) is 81.9 cm³/mol. The molecule has 1 atom stereocenters. The van der Waals surface area contributed by atoms with Crippen LogP contribution in [0.15, 0.2) is 30.3 Å². The minimum absolute atomic E-state index is 0.0162. The fraction of sp³-hybridized carbons (Fsp3) is 0.588. The summed E-state index contributed by atoms with van der Waals surface area (Å²) in [6.07, 6.45) is 0.771. The van der Waals surface area contributed by atoms with Crippen LogP contribution in [0.5, 0.6) is 0 Å². The zero-order valence-electron chi connectivity index (χ0n) is 13.6. The molecule has 0 aromatic heterocycles. The summed E-state index contributed by atoms with van der Waals surface area (Å²) in [5.74, 6) is -0.0333. The van der Waals surface area contributed by atoms with Gasteiger partial charge < -0.3 is 14.4 Å². The fourth-order valence-corrected chi connectivity index (χ4v) is 3.29. The topological polar surface area (TPSA) is 38.8 Å². The Labute approximate surface area is 127 Å². The van der Waals surface area contributed by atoms with Crippen molar-refractivity contribution in [3.05, 3.63) is 35.9 Å². The Morgan fingerprint density at radius 1 is 1.24 bits per heavy atom. The van der Waals surface area contributed by atoms with Crippen molar-refractivity contribution < 1.29 is 14.3 Å². The quantitative estimate of drug-likeness (QED) is 0.856. The Morgan fingerprint density at radius 2 is 1.86 bits per heavy atom. The van der Waals surface area contributed by atoms with Gasteiger partial charge in [-0.3, -0.25) is 4.79 Å². The minimum atomic E-state index is -0.626. The van der Waals surface area contributed by atoms with Gasteiger partial charge in [0, 0.05) is 7.11 Å². The molecule has 1 saturated heterocycles. The van der Waals surface area contributed by atoms with Gasteiger partial charge in [-0.05, 0) is 39.7 Å². The molecule has 0 spiro atoms. The van der Waals surface area contributed by atoms with Gasteiger partial charge in [-0.15, -0.1) is 0 Å². The molecule has 0 bridgehead atoms. The highest BCUT2D eigenvalue weighted by Gasteiger charge is 2.53. The highest BCUT2D eigenvalue weighted by Crippen LogP contribution is 2.40. The van der Waals surface area contributed by atoms with Crippen LogP contribution in [0.25, 0.3) is 0 Å². The minimum Gasteiger partial charge on any atom is -0.375 e. The number of carbonyl (C=O) groups excluding carboxylic acids is 1. The van der Waals surface area contributed by atoms with Crippen LogP contribution in [-0.4, -0.2) is 41.9 Å². The zero-order valence-corrected chi connectivity index (χ0v) is 13.6. The molecule has 0 unspecified atom stereocenters. The molecule has 4 heteroatoms. The largest absolute Gasteiger partial charge is 0.375 e. The van der Waals surface area contributed by atoms with E-state index in [1.54, 1.807) is 7.11 Å². The first-order valence-electron chi connectivity index (χ1n) is 7.33. The number of hydrogen-bond donors (Lipinski definition) is 0. The Hall–Kier alpha value is -1.39. The summed E-state index contributed by atoms with van der Waals surface area (Å²) >= 11 is 0. The molecule has 1 aromatic carbocycles. The van der Waals surface area contributed by atoms with Crippen molar-refractivity contribution in [2.45, 2.75) is 51.5 Å². The second kappa shape index (κ2) is 5.78. The third-order valence-electron chi connectivity index (χ3n) is 4.02. The van der Waals surface area contributed by atoms with Crippen LogP contribution in [0.3, 0.4) is 0 Å². The van der Waals surface area contributed by atoms with Gasteiger partial charge in [-0.25, -0.2) is 0 Å². The van der Waals surface area contributed by atoms with Gasteiger partial charge in [0.05, 0.1) is 11.6 Å². The molecule has 1 aliphatic heterocycles. The molecular formula is C17H25NO3. The standard InChI is InChI=1S/C17H25NO3/c1-16(2)14(11-13-9-7-6-8-10-13)18(15(19)12-20-5)17(3,4)21-16/h6-10,14H,11-12H2,1-5H3/t14-/m0/s1. The van der Waals surface area contributed by atoms with Crippen molar-refractivity contribution in [2.75, 3.05) is 13.7 Å². The maximum atomic E-state index is 12.5. The zero-order chi connectivity index (χ0) is 15.7. The number of methoxy groups -OCH3 is 1. The van der Waals surface area contributed by atoms with Gasteiger partial charge >= 0.3 is 0 Å². The second-order valence-electron chi connectivity index (χ2n) is 6.55. The van der Waals surface area contributed by atoms with Crippen molar-refractivity contribution in [3.8, 4) is 0 Å². The third kappa shape index (κ3) is 3.27. The highest BCUT2D eigenvalue weighted by molar-refractivity contribution is 5.79. The number of carbonyl (C=O) groups is 1. The first-order chi connectivity index (χ1) is 9.78. The average Bonchev–Trinajstić information content (AvgIpc) is 2.55. The molecule has 1 fully saturated rings. The summed E-state index contributed by atoms with van der Waals surface area (Å²) < 4.78 is 11.2. The van der Waals surface area contributed by atoms with E-state index in [0.29, 0.717) is 0 Å². The van der Waals surface area contributed by atoms with E-state index in [4.69, 9.17) is 9.47 Å². The van der Waals surface area contributed by atoms with E-state index in [-0.39, 0.29) is 18.6 Å². The Kier molecular flexibility index (Phi) is 4.40. The Morgan fingerprint density at radius 3 is 2.43 bits per heavy atom. The fourth-order valence-electron chi connectivity index (χ4n) is 3.29. The molecule has 1 aromatic rings. The molecule has 0 N–H and O–H groups in total. The van der Waals surface area contributed by atoms with E-state index < -0.39 is 11.3 Å². The lowest BCUT2D eigenvalue weighted by Gasteiger charge is -2.34. The maximum Gasteiger partial charge on any atom is 0.251 e. The van der Waals surface area contributed by atoms with E-state index >= 15 is 0 Å². The molecular weight excluding hydrogens is 266 g/mol. The van der Waals surface area contributed by atoms with Gasteiger partial charge in [0.2, 0.25) is 0 Å². The molecule has 1 amide bonds.